The van der Waals surface area contributed by atoms with Gasteiger partial charge in [-0.25, -0.2) is 4.98 Å². The second kappa shape index (κ2) is 3.18. The van der Waals surface area contributed by atoms with Gasteiger partial charge >= 0.3 is 0 Å². The highest BCUT2D eigenvalue weighted by Gasteiger charge is 2.09. The van der Waals surface area contributed by atoms with Gasteiger partial charge < -0.3 is 9.09 Å². The van der Waals surface area contributed by atoms with Gasteiger partial charge in [-0.05, 0) is 0 Å². The van der Waals surface area contributed by atoms with E-state index in [1.807, 2.05) is 7.05 Å². The topological polar surface area (TPSA) is 56.7 Å². The number of imidazole rings is 1. The smallest absolute Gasteiger partial charge is 0.278 e. The van der Waals surface area contributed by atoms with Gasteiger partial charge in [-0.15, -0.1) is 11.6 Å². The summed E-state index contributed by atoms with van der Waals surface area (Å²) >= 11 is 5.52. The van der Waals surface area contributed by atoms with Crippen LogP contribution < -0.4 is 0 Å². The molecule has 2 heterocycles. The molecule has 2 aromatic heterocycles. The zero-order valence-corrected chi connectivity index (χ0v) is 7.69. The minimum atomic E-state index is 0.246. The van der Waals surface area contributed by atoms with Gasteiger partial charge in [-0.3, -0.25) is 0 Å². The van der Waals surface area contributed by atoms with Crippen LogP contribution >= 0.6 is 11.6 Å². The maximum absolute atomic E-state index is 5.52. The number of halogens is 1. The third-order valence-electron chi connectivity index (χ3n) is 1.51. The van der Waals surface area contributed by atoms with Crippen LogP contribution in [-0.2, 0) is 12.9 Å². The minimum Gasteiger partial charge on any atom is -0.340 e. The summed E-state index contributed by atoms with van der Waals surface area (Å²) in [5.41, 5.74) is 0.659. The molecular formula is C7H7ClN4O. The van der Waals surface area contributed by atoms with E-state index in [1.165, 1.54) is 0 Å². The Morgan fingerprint density at radius 2 is 2.46 bits per heavy atom. The van der Waals surface area contributed by atoms with Crippen molar-refractivity contribution in [3.8, 4) is 11.6 Å². The van der Waals surface area contributed by atoms with Crippen LogP contribution in [0, 0.1) is 0 Å². The molecule has 6 heteroatoms. The van der Waals surface area contributed by atoms with Crippen LogP contribution in [-0.4, -0.2) is 19.7 Å². The van der Waals surface area contributed by atoms with Crippen molar-refractivity contribution in [3.63, 3.8) is 0 Å². The molecule has 0 aliphatic carbocycles. The molecule has 0 amide bonds. The van der Waals surface area contributed by atoms with Crippen molar-refractivity contribution in [3.05, 3.63) is 18.3 Å². The monoisotopic (exact) mass is 198 g/mol. The summed E-state index contributed by atoms with van der Waals surface area (Å²) in [5.74, 6) is 1.12. The first kappa shape index (κ1) is 8.25. The maximum Gasteiger partial charge on any atom is 0.278 e. The van der Waals surface area contributed by atoms with Crippen molar-refractivity contribution in [2.24, 2.45) is 7.05 Å². The quantitative estimate of drug-likeness (QED) is 0.681. The van der Waals surface area contributed by atoms with Crippen molar-refractivity contribution in [1.29, 1.82) is 0 Å². The molecule has 0 aliphatic heterocycles. The van der Waals surface area contributed by atoms with Gasteiger partial charge in [0.1, 0.15) is 5.69 Å². The molecule has 0 bridgehead atoms. The molecule has 13 heavy (non-hydrogen) atoms. The van der Waals surface area contributed by atoms with E-state index < -0.39 is 0 Å². The molecule has 0 saturated heterocycles. The Kier molecular flexibility index (Phi) is 2.02. The average Bonchev–Trinajstić information content (AvgIpc) is 2.71. The molecule has 0 aromatic carbocycles. The Hall–Kier alpha value is -1.36. The predicted octanol–water partition coefficient (Wildman–Crippen LogP) is 1.21. The Balaban J connectivity index is 2.35. The summed E-state index contributed by atoms with van der Waals surface area (Å²) in [5, 5.41) is 3.65. The molecule has 0 unspecified atom stereocenters. The van der Waals surface area contributed by atoms with Crippen molar-refractivity contribution in [1.82, 2.24) is 19.7 Å². The summed E-state index contributed by atoms with van der Waals surface area (Å²) in [6, 6.07) is 0. The third-order valence-corrected chi connectivity index (χ3v) is 1.75. The van der Waals surface area contributed by atoms with Crippen LogP contribution in [0.5, 0.6) is 0 Å². The first-order chi connectivity index (χ1) is 6.29. The highest BCUT2D eigenvalue weighted by molar-refractivity contribution is 6.16. The summed E-state index contributed by atoms with van der Waals surface area (Å²) in [7, 11) is 1.87. The highest BCUT2D eigenvalue weighted by Crippen LogP contribution is 2.13. The molecular weight excluding hydrogens is 192 g/mol. The van der Waals surface area contributed by atoms with Gasteiger partial charge in [-0.2, -0.15) is 4.98 Å². The molecule has 0 atom stereocenters. The Labute approximate surface area is 79.3 Å². The molecule has 0 saturated carbocycles. The second-order valence-corrected chi connectivity index (χ2v) is 2.84. The average molecular weight is 199 g/mol. The summed E-state index contributed by atoms with van der Waals surface area (Å²) in [6.45, 7) is 0. The molecule has 0 fully saturated rings. The van der Waals surface area contributed by atoms with E-state index in [9.17, 15) is 0 Å². The SMILES string of the molecule is Cn1cnc(-c2nc(CCl)no2)c1. The van der Waals surface area contributed by atoms with Gasteiger partial charge in [0.25, 0.3) is 5.89 Å². The van der Waals surface area contributed by atoms with E-state index in [-0.39, 0.29) is 5.88 Å². The first-order valence-electron chi connectivity index (χ1n) is 3.66. The standard InChI is InChI=1S/C7H7ClN4O/c1-12-3-5(9-4-12)7-10-6(2-8)11-13-7/h3-4H,2H2,1H3. The lowest BCUT2D eigenvalue weighted by atomic mass is 10.5. The molecule has 0 radical (unpaired) electrons. The Morgan fingerprint density at radius 3 is 3.00 bits per heavy atom. The molecule has 0 spiro atoms. The highest BCUT2D eigenvalue weighted by atomic mass is 35.5. The number of nitrogens with zero attached hydrogens (tertiary/aromatic N) is 4. The van der Waals surface area contributed by atoms with Crippen LogP contribution in [0.4, 0.5) is 0 Å². The van der Waals surface area contributed by atoms with Gasteiger partial charge in [0.15, 0.2) is 5.82 Å². The van der Waals surface area contributed by atoms with Crippen LogP contribution in [0.25, 0.3) is 11.6 Å². The molecule has 0 aliphatic rings. The van der Waals surface area contributed by atoms with Crippen LogP contribution in [0.2, 0.25) is 0 Å². The van der Waals surface area contributed by atoms with Gasteiger partial charge in [0, 0.05) is 13.2 Å². The molecule has 2 aromatic rings. The van der Waals surface area contributed by atoms with E-state index in [4.69, 9.17) is 16.1 Å². The zero-order valence-electron chi connectivity index (χ0n) is 6.94. The lowest BCUT2D eigenvalue weighted by Crippen LogP contribution is -1.81. The Morgan fingerprint density at radius 1 is 1.62 bits per heavy atom. The van der Waals surface area contributed by atoms with Crippen LogP contribution in [0.15, 0.2) is 17.0 Å². The van der Waals surface area contributed by atoms with E-state index in [1.54, 1.807) is 17.1 Å². The summed E-state index contributed by atoms with van der Waals surface area (Å²) in [6.07, 6.45) is 3.46. The van der Waals surface area contributed by atoms with Gasteiger partial charge in [-0.1, -0.05) is 5.16 Å². The van der Waals surface area contributed by atoms with Crippen LogP contribution in [0.1, 0.15) is 5.82 Å². The van der Waals surface area contributed by atoms with Crippen molar-refractivity contribution in [2.75, 3.05) is 0 Å². The maximum atomic E-state index is 5.52. The predicted molar refractivity (Wildman–Crippen MR) is 46.1 cm³/mol. The number of hydrogen-bond donors (Lipinski definition) is 0. The third kappa shape index (κ3) is 1.55. The second-order valence-electron chi connectivity index (χ2n) is 2.57. The number of rotatable bonds is 2. The lowest BCUT2D eigenvalue weighted by Gasteiger charge is -1.82. The lowest BCUT2D eigenvalue weighted by molar-refractivity contribution is 0.424. The fraction of sp³-hybridized carbons (Fsp3) is 0.286. The van der Waals surface area contributed by atoms with Crippen molar-refractivity contribution >= 4 is 11.6 Å². The fourth-order valence-corrected chi connectivity index (χ4v) is 1.04. The van der Waals surface area contributed by atoms with E-state index in [2.05, 4.69) is 15.1 Å². The normalized spacial score (nSPS) is 10.6. The number of aromatic nitrogens is 4. The van der Waals surface area contributed by atoms with E-state index in [0.29, 0.717) is 17.4 Å². The Bertz CT molecular complexity index is 408. The number of aryl methyl sites for hydroxylation is 1. The van der Waals surface area contributed by atoms with E-state index in [0.717, 1.165) is 0 Å². The molecule has 5 nitrogen and oxygen atoms in total. The van der Waals surface area contributed by atoms with Crippen molar-refractivity contribution < 1.29 is 4.52 Å². The summed E-state index contributed by atoms with van der Waals surface area (Å²) < 4.78 is 6.74. The van der Waals surface area contributed by atoms with Gasteiger partial charge in [0.2, 0.25) is 0 Å². The van der Waals surface area contributed by atoms with E-state index >= 15 is 0 Å². The number of alkyl halides is 1. The zero-order chi connectivity index (χ0) is 9.26. The van der Waals surface area contributed by atoms with Crippen molar-refractivity contribution in [2.45, 2.75) is 5.88 Å². The molecule has 68 valence electrons. The minimum absolute atomic E-state index is 0.246. The molecule has 0 N–H and O–H groups in total. The summed E-state index contributed by atoms with van der Waals surface area (Å²) in [4.78, 5) is 8.08. The number of hydrogen-bond acceptors (Lipinski definition) is 4. The largest absolute Gasteiger partial charge is 0.340 e. The fourth-order valence-electron chi connectivity index (χ4n) is 0.936. The van der Waals surface area contributed by atoms with Crippen LogP contribution in [0.3, 0.4) is 0 Å². The molecule has 2 rings (SSSR count). The first-order valence-corrected chi connectivity index (χ1v) is 4.20. The van der Waals surface area contributed by atoms with Gasteiger partial charge in [0.05, 0.1) is 12.2 Å².